The number of rotatable bonds is 4. The molecule has 0 saturated heterocycles. The number of hydrogen-bond acceptors (Lipinski definition) is 5. The zero-order valence-electron chi connectivity index (χ0n) is 10.1. The van der Waals surface area contributed by atoms with E-state index in [9.17, 15) is 14.9 Å². The summed E-state index contributed by atoms with van der Waals surface area (Å²) in [5, 5.41) is 19.0. The van der Waals surface area contributed by atoms with Crippen molar-refractivity contribution in [2.75, 3.05) is 0 Å². The molecule has 0 aliphatic heterocycles. The first-order valence-corrected chi connectivity index (χ1v) is 5.54. The molecule has 7 heteroatoms. The lowest BCUT2D eigenvalue weighted by Gasteiger charge is -2.00. The summed E-state index contributed by atoms with van der Waals surface area (Å²) in [4.78, 5) is 28.6. The summed E-state index contributed by atoms with van der Waals surface area (Å²) in [6.45, 7) is 0. The van der Waals surface area contributed by atoms with Gasteiger partial charge in [0.05, 0.1) is 4.92 Å². The maximum absolute atomic E-state index is 10.5. The minimum absolute atomic E-state index is 0.00485. The minimum Gasteiger partial charge on any atom is -0.478 e. The highest BCUT2D eigenvalue weighted by molar-refractivity contribution is 5.85. The van der Waals surface area contributed by atoms with Crippen LogP contribution >= 0.6 is 0 Å². The van der Waals surface area contributed by atoms with Gasteiger partial charge in [0.15, 0.2) is 5.82 Å². The number of carbonyl (C=O) groups is 1. The number of nitro groups is 1. The fourth-order valence-corrected chi connectivity index (χ4v) is 1.47. The molecule has 0 aliphatic rings. The third-order valence-electron chi connectivity index (χ3n) is 2.43. The quantitative estimate of drug-likeness (QED) is 0.518. The van der Waals surface area contributed by atoms with Crippen LogP contribution in [-0.4, -0.2) is 26.0 Å². The lowest BCUT2D eigenvalue weighted by molar-refractivity contribution is -0.384. The van der Waals surface area contributed by atoms with Gasteiger partial charge < -0.3 is 5.11 Å². The fourth-order valence-electron chi connectivity index (χ4n) is 1.47. The average Bonchev–Trinajstić information content (AvgIpc) is 2.46. The van der Waals surface area contributed by atoms with Crippen LogP contribution in [0.3, 0.4) is 0 Å². The topological polar surface area (TPSA) is 106 Å². The van der Waals surface area contributed by atoms with Gasteiger partial charge in [-0.15, -0.1) is 0 Å². The standard InChI is InChI=1S/C13H9N3O4/c17-12(18)6-1-9-7-14-13(15-8-9)10-2-4-11(5-3-10)16(19)20/h1-8H,(H,17,18)/b6-1+. The minimum atomic E-state index is -1.05. The van der Waals surface area contributed by atoms with Crippen LogP contribution in [-0.2, 0) is 4.79 Å². The fraction of sp³-hybridized carbons (Fsp3) is 0. The van der Waals surface area contributed by atoms with E-state index in [1.165, 1.54) is 30.6 Å². The maximum Gasteiger partial charge on any atom is 0.328 e. The van der Waals surface area contributed by atoms with E-state index in [1.54, 1.807) is 12.1 Å². The molecule has 0 atom stereocenters. The van der Waals surface area contributed by atoms with Crippen LogP contribution in [0.1, 0.15) is 5.56 Å². The molecule has 0 spiro atoms. The van der Waals surface area contributed by atoms with E-state index in [1.807, 2.05) is 0 Å². The lowest BCUT2D eigenvalue weighted by Crippen LogP contribution is -1.91. The number of carboxylic acids is 1. The number of non-ortho nitro benzene ring substituents is 1. The molecule has 100 valence electrons. The first-order chi connectivity index (χ1) is 9.56. The molecular formula is C13H9N3O4. The number of carboxylic acid groups (broad SMARTS) is 1. The molecule has 0 unspecified atom stereocenters. The highest BCUT2D eigenvalue weighted by atomic mass is 16.6. The second-order valence-corrected chi connectivity index (χ2v) is 3.82. The Morgan fingerprint density at radius 3 is 2.30 bits per heavy atom. The van der Waals surface area contributed by atoms with E-state index in [4.69, 9.17) is 5.11 Å². The van der Waals surface area contributed by atoms with Gasteiger partial charge >= 0.3 is 5.97 Å². The van der Waals surface area contributed by atoms with Crippen molar-refractivity contribution in [2.45, 2.75) is 0 Å². The first-order valence-electron chi connectivity index (χ1n) is 5.54. The van der Waals surface area contributed by atoms with Crippen LogP contribution in [0.2, 0.25) is 0 Å². The summed E-state index contributed by atoms with van der Waals surface area (Å²) in [7, 11) is 0. The van der Waals surface area contributed by atoms with Crippen molar-refractivity contribution in [3.63, 3.8) is 0 Å². The maximum atomic E-state index is 10.5. The molecule has 0 bridgehead atoms. The van der Waals surface area contributed by atoms with Gasteiger partial charge in [-0.25, -0.2) is 14.8 Å². The molecule has 0 saturated carbocycles. The van der Waals surface area contributed by atoms with E-state index >= 15 is 0 Å². The smallest absolute Gasteiger partial charge is 0.328 e. The number of nitro benzene ring substituents is 1. The number of nitrogens with zero attached hydrogens (tertiary/aromatic N) is 3. The van der Waals surface area contributed by atoms with Crippen LogP contribution in [0.5, 0.6) is 0 Å². The van der Waals surface area contributed by atoms with E-state index in [2.05, 4.69) is 9.97 Å². The summed E-state index contributed by atoms with van der Waals surface area (Å²) in [6, 6.07) is 5.86. The van der Waals surface area contributed by atoms with Crippen LogP contribution in [0.4, 0.5) is 5.69 Å². The molecule has 0 fully saturated rings. The number of benzene rings is 1. The van der Waals surface area contributed by atoms with Crippen molar-refractivity contribution >= 4 is 17.7 Å². The number of aliphatic carboxylic acids is 1. The van der Waals surface area contributed by atoms with Crippen molar-refractivity contribution in [1.82, 2.24) is 9.97 Å². The molecule has 2 rings (SSSR count). The van der Waals surface area contributed by atoms with Gasteiger partial charge in [0.25, 0.3) is 5.69 Å². The van der Waals surface area contributed by atoms with E-state index in [-0.39, 0.29) is 5.69 Å². The van der Waals surface area contributed by atoms with Crippen molar-refractivity contribution < 1.29 is 14.8 Å². The molecule has 1 aromatic heterocycles. The van der Waals surface area contributed by atoms with Gasteiger partial charge in [-0.05, 0) is 18.2 Å². The molecule has 2 aromatic rings. The third-order valence-corrected chi connectivity index (χ3v) is 2.43. The Bertz CT molecular complexity index is 663. The lowest BCUT2D eigenvalue weighted by atomic mass is 10.2. The molecule has 1 heterocycles. The first kappa shape index (κ1) is 13.3. The molecule has 0 aliphatic carbocycles. The van der Waals surface area contributed by atoms with Crippen molar-refractivity contribution in [2.24, 2.45) is 0 Å². The zero-order chi connectivity index (χ0) is 14.5. The van der Waals surface area contributed by atoms with Crippen LogP contribution in [0.25, 0.3) is 17.5 Å². The highest BCUT2D eigenvalue weighted by Crippen LogP contribution is 2.19. The van der Waals surface area contributed by atoms with E-state index < -0.39 is 10.9 Å². The monoisotopic (exact) mass is 271 g/mol. The van der Waals surface area contributed by atoms with Gasteiger partial charge in [0.2, 0.25) is 0 Å². The largest absolute Gasteiger partial charge is 0.478 e. The van der Waals surface area contributed by atoms with Gasteiger partial charge in [-0.2, -0.15) is 0 Å². The Hall–Kier alpha value is -3.09. The zero-order valence-corrected chi connectivity index (χ0v) is 10.1. The number of hydrogen-bond donors (Lipinski definition) is 1. The predicted octanol–water partition coefficient (Wildman–Crippen LogP) is 2.15. The van der Waals surface area contributed by atoms with Gasteiger partial charge in [-0.3, -0.25) is 10.1 Å². The summed E-state index contributed by atoms with van der Waals surface area (Å²) in [5.74, 6) is -0.642. The highest BCUT2D eigenvalue weighted by Gasteiger charge is 2.06. The Labute approximate surface area is 113 Å². The number of aromatic nitrogens is 2. The van der Waals surface area contributed by atoms with E-state index in [0.717, 1.165) is 6.08 Å². The van der Waals surface area contributed by atoms with Gasteiger partial charge in [-0.1, -0.05) is 0 Å². The van der Waals surface area contributed by atoms with Crippen molar-refractivity contribution in [1.29, 1.82) is 0 Å². The van der Waals surface area contributed by atoms with Crippen LogP contribution < -0.4 is 0 Å². The molecule has 1 aromatic carbocycles. The summed E-state index contributed by atoms with van der Waals surface area (Å²) in [5.41, 5.74) is 1.19. The van der Waals surface area contributed by atoms with Gasteiger partial charge in [0, 0.05) is 41.7 Å². The van der Waals surface area contributed by atoms with Crippen LogP contribution in [0.15, 0.2) is 42.7 Å². The summed E-state index contributed by atoms with van der Waals surface area (Å²) >= 11 is 0. The molecule has 0 radical (unpaired) electrons. The van der Waals surface area contributed by atoms with Gasteiger partial charge in [0.1, 0.15) is 0 Å². The molecule has 0 amide bonds. The van der Waals surface area contributed by atoms with Crippen LogP contribution in [0, 0.1) is 10.1 Å². The molecule has 20 heavy (non-hydrogen) atoms. The summed E-state index contributed by atoms with van der Waals surface area (Å²) < 4.78 is 0. The van der Waals surface area contributed by atoms with Crippen molar-refractivity contribution in [3.05, 3.63) is 58.4 Å². The third kappa shape index (κ3) is 3.22. The Morgan fingerprint density at radius 2 is 1.80 bits per heavy atom. The second kappa shape index (κ2) is 5.70. The second-order valence-electron chi connectivity index (χ2n) is 3.82. The normalized spacial score (nSPS) is 10.6. The SMILES string of the molecule is O=C(O)/C=C/c1cnc(-c2ccc([N+](=O)[O-])cc2)nc1. The van der Waals surface area contributed by atoms with Crippen molar-refractivity contribution in [3.8, 4) is 11.4 Å². The molecular weight excluding hydrogens is 262 g/mol. The predicted molar refractivity (Wildman–Crippen MR) is 70.8 cm³/mol. The molecule has 1 N–H and O–H groups in total. The Balaban J connectivity index is 2.21. The summed E-state index contributed by atoms with van der Waals surface area (Å²) in [6.07, 6.45) is 5.32. The Morgan fingerprint density at radius 1 is 1.20 bits per heavy atom. The Kier molecular flexibility index (Phi) is 3.80. The molecule has 7 nitrogen and oxygen atoms in total. The van der Waals surface area contributed by atoms with E-state index in [0.29, 0.717) is 17.0 Å². The average molecular weight is 271 g/mol.